The minimum Gasteiger partial charge on any atom is -0.480 e. The van der Waals surface area contributed by atoms with E-state index >= 15 is 0 Å². The second-order valence-corrected chi connectivity index (χ2v) is 13.9. The van der Waals surface area contributed by atoms with E-state index in [2.05, 4.69) is 0 Å². The molecule has 0 spiro atoms. The fourth-order valence-electron chi connectivity index (χ4n) is 7.32. The van der Waals surface area contributed by atoms with E-state index in [0.29, 0.717) is 22.3 Å². The van der Waals surface area contributed by atoms with Crippen LogP contribution < -0.4 is 0 Å². The van der Waals surface area contributed by atoms with Gasteiger partial charge in [0.2, 0.25) is 0 Å². The molecule has 8 heteroatoms. The Morgan fingerprint density at radius 2 is 0.690 bits per heavy atom. The van der Waals surface area contributed by atoms with Gasteiger partial charge in [0.1, 0.15) is 10.8 Å². The maximum Gasteiger partial charge on any atom is 0.319 e. The van der Waals surface area contributed by atoms with Crippen molar-refractivity contribution in [2.24, 2.45) is 0 Å². The van der Waals surface area contributed by atoms with Crippen LogP contribution in [0.3, 0.4) is 0 Å². The number of rotatable bonds is 2. The lowest BCUT2D eigenvalue weighted by atomic mass is 9.42. The highest BCUT2D eigenvalue weighted by Crippen LogP contribution is 2.68. The summed E-state index contributed by atoms with van der Waals surface area (Å²) in [5, 5.41) is 22.3. The Balaban J connectivity index is 0.000000395. The highest BCUT2D eigenvalue weighted by atomic mass is 32.2. The van der Waals surface area contributed by atoms with Crippen molar-refractivity contribution in [2.75, 3.05) is 25.0 Å². The molecule has 2 N–H and O–H groups in total. The number of carboxylic acids is 2. The fraction of sp³-hybridized carbons (Fsp3) is 0.235. The number of aliphatic carboxylic acids is 2. The second-order valence-electron chi connectivity index (χ2n) is 10.9. The molecule has 6 nitrogen and oxygen atoms in total. The van der Waals surface area contributed by atoms with Gasteiger partial charge in [-0.25, -0.2) is 0 Å². The quantitative estimate of drug-likeness (QED) is 0.335. The zero-order valence-electron chi connectivity index (χ0n) is 23.7. The Morgan fingerprint density at radius 1 is 0.500 bits per heavy atom. The lowest BCUT2D eigenvalue weighted by Crippen LogP contribution is -2.58. The van der Waals surface area contributed by atoms with E-state index in [1.165, 1.54) is 0 Å². The van der Waals surface area contributed by atoms with Gasteiger partial charge in [-0.1, -0.05) is 97.1 Å². The Bertz CT molecular complexity index is 1530. The SMILES string of the molecule is CS(C)=O.CS(C)=O.O=C(O)C12c3ccccc3C(c3ccccc31)C1(C(=O)O)c3ccccc3C2c2ccccc21. The topological polar surface area (TPSA) is 109 Å². The zero-order chi connectivity index (χ0) is 30.4. The van der Waals surface area contributed by atoms with Crippen molar-refractivity contribution in [3.05, 3.63) is 142 Å². The molecule has 0 aromatic heterocycles. The Labute approximate surface area is 250 Å². The first kappa shape index (κ1) is 29.6. The summed E-state index contributed by atoms with van der Waals surface area (Å²) in [7, 11) is -1.22. The number of benzene rings is 4. The molecule has 4 bridgehead atoms. The summed E-state index contributed by atoms with van der Waals surface area (Å²) in [4.78, 5) is 27.3. The van der Waals surface area contributed by atoms with Crippen molar-refractivity contribution in [1.29, 1.82) is 0 Å². The van der Waals surface area contributed by atoms with Gasteiger partial charge < -0.3 is 10.2 Å². The van der Waals surface area contributed by atoms with Gasteiger partial charge in [-0.2, -0.15) is 0 Å². The smallest absolute Gasteiger partial charge is 0.319 e. The Kier molecular flexibility index (Phi) is 7.81. The summed E-state index contributed by atoms with van der Waals surface area (Å²) in [6.07, 6.45) is 6.56. The first-order chi connectivity index (χ1) is 20.0. The number of hydrogen-bond donors (Lipinski definition) is 2. The first-order valence-electron chi connectivity index (χ1n) is 13.4. The van der Waals surface area contributed by atoms with Gasteiger partial charge in [-0.05, 0) is 44.5 Å². The molecule has 0 unspecified atom stereocenters. The molecular weight excluding hydrogens is 569 g/mol. The maximum absolute atomic E-state index is 13.6. The molecule has 0 saturated heterocycles. The summed E-state index contributed by atoms with van der Waals surface area (Å²) in [6.45, 7) is 0. The standard InChI is InChI=1S/C30H20O4.2C2H6OS/c31-27(32)29-21-13-5-1-9-17(21)25(18-10-2-6-14-22(18)29)30(28(33)34)23-15-7-3-11-19(23)26(29)20-12-4-8-16-24(20)30;2*1-4(2)3/h1-16,25-26H,(H,31,32)(H,33,34);2*1-2H3. The minimum atomic E-state index is -1.39. The molecule has 6 aliphatic carbocycles. The monoisotopic (exact) mass is 600 g/mol. The van der Waals surface area contributed by atoms with Crippen LogP contribution in [0.2, 0.25) is 0 Å². The van der Waals surface area contributed by atoms with Crippen molar-refractivity contribution in [3.63, 3.8) is 0 Å². The molecule has 10 rings (SSSR count). The number of carboxylic acid groups (broad SMARTS) is 2. The highest BCUT2D eigenvalue weighted by molar-refractivity contribution is 7.83. The van der Waals surface area contributed by atoms with Crippen molar-refractivity contribution in [3.8, 4) is 0 Å². The molecule has 4 aromatic rings. The van der Waals surface area contributed by atoms with Gasteiger partial charge in [-0.3, -0.25) is 18.0 Å². The largest absolute Gasteiger partial charge is 0.480 e. The number of hydrogen-bond acceptors (Lipinski definition) is 4. The van der Waals surface area contributed by atoms with E-state index in [0.717, 1.165) is 22.3 Å². The van der Waals surface area contributed by atoms with Crippen LogP contribution in [0.1, 0.15) is 56.3 Å². The van der Waals surface area contributed by atoms with E-state index in [4.69, 9.17) is 0 Å². The number of carbonyl (C=O) groups is 2. The van der Waals surface area contributed by atoms with Crippen LogP contribution in [-0.4, -0.2) is 55.6 Å². The molecular formula is C34H32O6S2. The van der Waals surface area contributed by atoms with Crippen LogP contribution in [0, 0.1) is 0 Å². The second kappa shape index (κ2) is 11.1. The molecule has 0 heterocycles. The van der Waals surface area contributed by atoms with E-state index in [9.17, 15) is 28.2 Å². The average Bonchev–Trinajstić information content (AvgIpc) is 2.93. The zero-order valence-corrected chi connectivity index (χ0v) is 25.4. The van der Waals surface area contributed by atoms with Crippen LogP contribution in [-0.2, 0) is 42.0 Å². The molecule has 216 valence electrons. The molecule has 6 aliphatic rings. The fourth-order valence-corrected chi connectivity index (χ4v) is 7.32. The van der Waals surface area contributed by atoms with Crippen LogP contribution in [0.5, 0.6) is 0 Å². The molecule has 0 amide bonds. The third-order valence-corrected chi connectivity index (χ3v) is 8.33. The Hall–Kier alpha value is -3.88. The predicted molar refractivity (Wildman–Crippen MR) is 166 cm³/mol. The van der Waals surface area contributed by atoms with Gasteiger partial charge in [0, 0.05) is 58.5 Å². The van der Waals surface area contributed by atoms with Gasteiger partial charge in [0.25, 0.3) is 0 Å². The minimum absolute atomic E-state index is 0.576. The third kappa shape index (κ3) is 4.11. The first-order valence-corrected chi connectivity index (χ1v) is 17.3. The van der Waals surface area contributed by atoms with Gasteiger partial charge in [0.05, 0.1) is 0 Å². The van der Waals surface area contributed by atoms with E-state index in [1.807, 2.05) is 97.1 Å². The van der Waals surface area contributed by atoms with Crippen LogP contribution in [0.4, 0.5) is 0 Å². The van der Waals surface area contributed by atoms with E-state index < -0.39 is 56.2 Å². The van der Waals surface area contributed by atoms with E-state index in [1.54, 1.807) is 25.0 Å². The summed E-state index contributed by atoms with van der Waals surface area (Å²) in [5.74, 6) is -3.00. The van der Waals surface area contributed by atoms with Crippen molar-refractivity contribution < 1.29 is 28.2 Å². The molecule has 42 heavy (non-hydrogen) atoms. The van der Waals surface area contributed by atoms with Crippen LogP contribution in [0.25, 0.3) is 0 Å². The van der Waals surface area contributed by atoms with Gasteiger partial charge >= 0.3 is 11.9 Å². The van der Waals surface area contributed by atoms with Crippen molar-refractivity contribution >= 4 is 33.5 Å². The summed E-state index contributed by atoms with van der Waals surface area (Å²) in [5.41, 5.74) is 3.08. The lowest BCUT2D eigenvalue weighted by molar-refractivity contribution is -0.144. The highest BCUT2D eigenvalue weighted by Gasteiger charge is 2.67. The summed E-state index contributed by atoms with van der Waals surface area (Å²) in [6, 6.07) is 30.2. The molecule has 0 atom stereocenters. The summed E-state index contributed by atoms with van der Waals surface area (Å²) >= 11 is 0. The summed E-state index contributed by atoms with van der Waals surface area (Å²) < 4.78 is 19.1. The maximum atomic E-state index is 13.6. The lowest BCUT2D eigenvalue weighted by Gasteiger charge is -2.57. The van der Waals surface area contributed by atoms with Crippen LogP contribution in [0.15, 0.2) is 97.1 Å². The average molecular weight is 601 g/mol. The molecule has 0 saturated carbocycles. The molecule has 0 aliphatic heterocycles. The third-order valence-electron chi connectivity index (χ3n) is 8.33. The van der Waals surface area contributed by atoms with Crippen LogP contribution >= 0.6 is 0 Å². The van der Waals surface area contributed by atoms with Gasteiger partial charge in [0.15, 0.2) is 0 Å². The van der Waals surface area contributed by atoms with Gasteiger partial charge in [-0.15, -0.1) is 0 Å². The molecule has 4 aromatic carbocycles. The molecule has 0 fully saturated rings. The van der Waals surface area contributed by atoms with Crippen molar-refractivity contribution in [2.45, 2.75) is 22.7 Å². The van der Waals surface area contributed by atoms with E-state index in [-0.39, 0.29) is 0 Å². The predicted octanol–water partition coefficient (Wildman–Crippen LogP) is 5.02. The van der Waals surface area contributed by atoms with Crippen molar-refractivity contribution in [1.82, 2.24) is 0 Å². The normalized spacial score (nSPS) is 23.5. The molecule has 0 radical (unpaired) electrons. The Morgan fingerprint density at radius 3 is 0.881 bits per heavy atom.